The Morgan fingerprint density at radius 1 is 1.52 bits per heavy atom. The van der Waals surface area contributed by atoms with Crippen LogP contribution in [0.4, 0.5) is 0 Å². The minimum absolute atomic E-state index is 0.00882. The maximum atomic E-state index is 12.4. The first kappa shape index (κ1) is 17.2. The van der Waals surface area contributed by atoms with Gasteiger partial charge < -0.3 is 15.8 Å². The van der Waals surface area contributed by atoms with Gasteiger partial charge >= 0.3 is 0 Å². The Labute approximate surface area is 136 Å². The van der Waals surface area contributed by atoms with Crippen molar-refractivity contribution in [3.05, 3.63) is 23.9 Å². The zero-order valence-electron chi connectivity index (χ0n) is 13.5. The monoisotopic (exact) mass is 320 g/mol. The molecule has 1 fully saturated rings. The molecule has 0 radical (unpaired) electrons. The standard InChI is InChI=1S/C16H24N4O3/c1-2-23-16-12(5-3-7-18-16)9-19-15(22)13-6-4-8-20(10-13)11-14(17)21/h3,5,7,13H,2,4,6,8-11H2,1H3,(H2,17,21)(H,19,22)/t13-/m1/s1. The van der Waals surface area contributed by atoms with E-state index in [9.17, 15) is 9.59 Å². The minimum atomic E-state index is -0.359. The van der Waals surface area contributed by atoms with Crippen molar-refractivity contribution in [3.63, 3.8) is 0 Å². The maximum absolute atomic E-state index is 12.4. The van der Waals surface area contributed by atoms with Crippen molar-refractivity contribution >= 4 is 11.8 Å². The number of nitrogens with two attached hydrogens (primary N) is 1. The van der Waals surface area contributed by atoms with Gasteiger partial charge in [-0.05, 0) is 32.4 Å². The molecule has 1 saturated heterocycles. The van der Waals surface area contributed by atoms with Crippen LogP contribution in [0.25, 0.3) is 0 Å². The van der Waals surface area contributed by atoms with Gasteiger partial charge in [0.1, 0.15) is 0 Å². The lowest BCUT2D eigenvalue weighted by Gasteiger charge is -2.31. The maximum Gasteiger partial charge on any atom is 0.231 e. The average molecular weight is 320 g/mol. The molecule has 23 heavy (non-hydrogen) atoms. The van der Waals surface area contributed by atoms with Crippen LogP contribution in [0.2, 0.25) is 0 Å². The number of hydrogen-bond acceptors (Lipinski definition) is 5. The summed E-state index contributed by atoms with van der Waals surface area (Å²) in [6, 6.07) is 3.71. The number of carbonyl (C=O) groups excluding carboxylic acids is 2. The third-order valence-corrected chi connectivity index (χ3v) is 3.84. The number of aromatic nitrogens is 1. The fraction of sp³-hybridized carbons (Fsp3) is 0.562. The Kier molecular flexibility index (Phi) is 6.34. The molecule has 0 saturated carbocycles. The number of carbonyl (C=O) groups is 2. The smallest absolute Gasteiger partial charge is 0.231 e. The summed E-state index contributed by atoms with van der Waals surface area (Å²) in [4.78, 5) is 29.5. The molecule has 3 N–H and O–H groups in total. The SMILES string of the molecule is CCOc1ncccc1CNC(=O)[C@@H]1CCCN(CC(N)=O)C1. The summed E-state index contributed by atoms with van der Waals surface area (Å²) in [5.74, 6) is 0.0675. The second kappa shape index (κ2) is 8.47. The van der Waals surface area contributed by atoms with Crippen molar-refractivity contribution in [1.82, 2.24) is 15.2 Å². The van der Waals surface area contributed by atoms with Crippen LogP contribution >= 0.6 is 0 Å². The number of pyridine rings is 1. The molecular formula is C16H24N4O3. The molecule has 0 aromatic carbocycles. The van der Waals surface area contributed by atoms with E-state index >= 15 is 0 Å². The molecule has 2 amide bonds. The van der Waals surface area contributed by atoms with E-state index < -0.39 is 0 Å². The summed E-state index contributed by atoms with van der Waals surface area (Å²) in [7, 11) is 0. The molecule has 1 aromatic rings. The lowest BCUT2D eigenvalue weighted by Crippen LogP contribution is -2.45. The Bertz CT molecular complexity index is 550. The fourth-order valence-corrected chi connectivity index (χ4v) is 2.79. The number of ether oxygens (including phenoxy) is 1. The van der Waals surface area contributed by atoms with Gasteiger partial charge in [-0.3, -0.25) is 14.5 Å². The van der Waals surface area contributed by atoms with Crippen LogP contribution in [0.1, 0.15) is 25.3 Å². The molecule has 1 aliphatic heterocycles. The summed E-state index contributed by atoms with van der Waals surface area (Å²) >= 11 is 0. The number of amides is 2. The van der Waals surface area contributed by atoms with Gasteiger partial charge in [0.2, 0.25) is 17.7 Å². The lowest BCUT2D eigenvalue weighted by molar-refractivity contribution is -0.128. The minimum Gasteiger partial charge on any atom is -0.478 e. The molecule has 7 nitrogen and oxygen atoms in total. The summed E-state index contributed by atoms with van der Waals surface area (Å²) in [6.45, 7) is 4.40. The van der Waals surface area contributed by atoms with Crippen LogP contribution in [0.3, 0.4) is 0 Å². The molecule has 0 aliphatic carbocycles. The number of hydrogen-bond donors (Lipinski definition) is 2. The first-order chi connectivity index (χ1) is 11.1. The molecular weight excluding hydrogens is 296 g/mol. The molecule has 1 atom stereocenters. The number of nitrogens with zero attached hydrogens (tertiary/aromatic N) is 2. The highest BCUT2D eigenvalue weighted by Crippen LogP contribution is 2.18. The van der Waals surface area contributed by atoms with Gasteiger partial charge in [-0.15, -0.1) is 0 Å². The normalized spacial score (nSPS) is 18.4. The highest BCUT2D eigenvalue weighted by atomic mass is 16.5. The predicted molar refractivity (Wildman–Crippen MR) is 85.6 cm³/mol. The summed E-state index contributed by atoms with van der Waals surface area (Å²) in [5.41, 5.74) is 6.08. The van der Waals surface area contributed by atoms with Crippen LogP contribution in [0, 0.1) is 5.92 Å². The topological polar surface area (TPSA) is 97.6 Å². The van der Waals surface area contributed by atoms with Crippen LogP contribution < -0.4 is 15.8 Å². The largest absolute Gasteiger partial charge is 0.478 e. The Hall–Kier alpha value is -2.15. The first-order valence-corrected chi connectivity index (χ1v) is 7.95. The number of primary amides is 1. The zero-order chi connectivity index (χ0) is 16.7. The quantitative estimate of drug-likeness (QED) is 0.753. The van der Waals surface area contributed by atoms with Gasteiger partial charge in [-0.2, -0.15) is 0 Å². The molecule has 1 aliphatic rings. The van der Waals surface area contributed by atoms with Crippen LogP contribution in [0.5, 0.6) is 5.88 Å². The average Bonchev–Trinajstić information content (AvgIpc) is 2.53. The van der Waals surface area contributed by atoms with Gasteiger partial charge in [-0.25, -0.2) is 4.98 Å². The molecule has 0 bridgehead atoms. The highest BCUT2D eigenvalue weighted by Gasteiger charge is 2.26. The van der Waals surface area contributed by atoms with Crippen molar-refractivity contribution in [1.29, 1.82) is 0 Å². The Morgan fingerprint density at radius 3 is 3.09 bits per heavy atom. The molecule has 0 spiro atoms. The van der Waals surface area contributed by atoms with E-state index in [2.05, 4.69) is 10.3 Å². The summed E-state index contributed by atoms with van der Waals surface area (Å²) < 4.78 is 5.45. The van der Waals surface area contributed by atoms with Gasteiger partial charge in [0.15, 0.2) is 0 Å². The third kappa shape index (κ3) is 5.21. The van der Waals surface area contributed by atoms with E-state index in [1.54, 1.807) is 6.20 Å². The van der Waals surface area contributed by atoms with Crippen molar-refractivity contribution in [2.45, 2.75) is 26.3 Å². The lowest BCUT2D eigenvalue weighted by atomic mass is 9.97. The predicted octanol–water partition coefficient (Wildman–Crippen LogP) is 0.294. The van der Waals surface area contributed by atoms with Gasteiger partial charge in [0.05, 0.1) is 19.1 Å². The number of nitrogens with one attached hydrogen (secondary N) is 1. The van der Waals surface area contributed by atoms with Gasteiger partial charge in [0, 0.05) is 24.8 Å². The second-order valence-electron chi connectivity index (χ2n) is 5.66. The van der Waals surface area contributed by atoms with Crippen molar-refractivity contribution < 1.29 is 14.3 Å². The molecule has 7 heteroatoms. The van der Waals surface area contributed by atoms with E-state index in [4.69, 9.17) is 10.5 Å². The highest BCUT2D eigenvalue weighted by molar-refractivity contribution is 5.79. The molecule has 2 heterocycles. The number of rotatable bonds is 7. The Morgan fingerprint density at radius 2 is 2.35 bits per heavy atom. The van der Waals surface area contributed by atoms with Crippen molar-refractivity contribution in [2.24, 2.45) is 11.7 Å². The van der Waals surface area contributed by atoms with Gasteiger partial charge in [-0.1, -0.05) is 6.07 Å². The third-order valence-electron chi connectivity index (χ3n) is 3.84. The van der Waals surface area contributed by atoms with Gasteiger partial charge in [0.25, 0.3) is 0 Å². The molecule has 126 valence electrons. The van der Waals surface area contributed by atoms with Crippen LogP contribution in [-0.2, 0) is 16.1 Å². The van der Waals surface area contributed by atoms with Crippen LogP contribution in [-0.4, -0.2) is 47.9 Å². The van der Waals surface area contributed by atoms with E-state index in [0.29, 0.717) is 25.6 Å². The van der Waals surface area contributed by atoms with Crippen molar-refractivity contribution in [2.75, 3.05) is 26.2 Å². The van der Waals surface area contributed by atoms with E-state index in [-0.39, 0.29) is 24.3 Å². The van der Waals surface area contributed by atoms with Crippen molar-refractivity contribution in [3.8, 4) is 5.88 Å². The second-order valence-corrected chi connectivity index (χ2v) is 5.66. The number of likely N-dealkylation sites (tertiary alicyclic amines) is 1. The van der Waals surface area contributed by atoms with E-state index in [1.165, 1.54) is 0 Å². The van der Waals surface area contributed by atoms with E-state index in [1.807, 2.05) is 24.0 Å². The number of piperidine rings is 1. The van der Waals surface area contributed by atoms with E-state index in [0.717, 1.165) is 24.9 Å². The molecule has 2 rings (SSSR count). The van der Waals surface area contributed by atoms with Crippen LogP contribution in [0.15, 0.2) is 18.3 Å². The fourth-order valence-electron chi connectivity index (χ4n) is 2.79. The zero-order valence-corrected chi connectivity index (χ0v) is 13.5. The molecule has 1 aromatic heterocycles. The summed E-state index contributed by atoms with van der Waals surface area (Å²) in [5, 5.41) is 2.94. The Balaban J connectivity index is 1.88. The molecule has 0 unspecified atom stereocenters. The first-order valence-electron chi connectivity index (χ1n) is 7.95. The summed E-state index contributed by atoms with van der Waals surface area (Å²) in [6.07, 6.45) is 3.38.